The molecule has 110 valence electrons. The first-order chi connectivity index (χ1) is 9.36. The van der Waals surface area contributed by atoms with E-state index in [1.165, 1.54) is 0 Å². The maximum absolute atomic E-state index is 12.8. The molecule has 0 aliphatic carbocycles. The highest BCUT2D eigenvalue weighted by atomic mass is 32.1. The van der Waals surface area contributed by atoms with E-state index in [2.05, 4.69) is 5.32 Å². The van der Waals surface area contributed by atoms with Gasteiger partial charge in [-0.3, -0.25) is 0 Å². The average Bonchev–Trinajstić information content (AvgIpc) is 2.40. The summed E-state index contributed by atoms with van der Waals surface area (Å²) in [7, 11) is 0. The highest BCUT2D eigenvalue weighted by Gasteiger charge is 2.42. The summed E-state index contributed by atoms with van der Waals surface area (Å²) < 4.78 is 38.3. The van der Waals surface area contributed by atoms with E-state index in [-0.39, 0.29) is 13.0 Å². The molecular weight excluding hydrogens is 285 g/mol. The Kier molecular flexibility index (Phi) is 4.52. The summed E-state index contributed by atoms with van der Waals surface area (Å²) >= 11 is 5.21. The van der Waals surface area contributed by atoms with Gasteiger partial charge < -0.3 is 10.2 Å². The predicted molar refractivity (Wildman–Crippen MR) is 77.8 cm³/mol. The molecule has 2 rings (SSSR count). The second kappa shape index (κ2) is 5.99. The number of nitrogens with one attached hydrogen (secondary N) is 1. The third-order valence-electron chi connectivity index (χ3n) is 3.47. The summed E-state index contributed by atoms with van der Waals surface area (Å²) in [6, 6.07) is 7.60. The molecule has 1 aromatic carbocycles. The van der Waals surface area contributed by atoms with Gasteiger partial charge in [0.2, 0.25) is 0 Å². The van der Waals surface area contributed by atoms with Crippen molar-refractivity contribution < 1.29 is 13.2 Å². The smallest absolute Gasteiger partial charge is 0.348 e. The topological polar surface area (TPSA) is 15.3 Å². The van der Waals surface area contributed by atoms with E-state index in [4.69, 9.17) is 12.2 Å². The van der Waals surface area contributed by atoms with Crippen molar-refractivity contribution in [1.29, 1.82) is 0 Å². The molecule has 1 atom stereocenters. The maximum Gasteiger partial charge on any atom is 0.393 e. The first kappa shape index (κ1) is 15.1. The van der Waals surface area contributed by atoms with Crippen molar-refractivity contribution in [3.05, 3.63) is 29.8 Å². The lowest BCUT2D eigenvalue weighted by Gasteiger charge is -2.35. The summed E-state index contributed by atoms with van der Waals surface area (Å²) in [6.45, 7) is 2.49. The fourth-order valence-electron chi connectivity index (χ4n) is 2.27. The number of piperidine rings is 1. The van der Waals surface area contributed by atoms with Gasteiger partial charge in [-0.05, 0) is 44.1 Å². The van der Waals surface area contributed by atoms with Gasteiger partial charge in [-0.1, -0.05) is 17.7 Å². The second-order valence-corrected chi connectivity index (χ2v) is 5.51. The van der Waals surface area contributed by atoms with Crippen molar-refractivity contribution in [2.75, 3.05) is 18.4 Å². The molecule has 0 bridgehead atoms. The number of halogens is 3. The van der Waals surface area contributed by atoms with Crippen LogP contribution in [0.1, 0.15) is 18.4 Å². The van der Waals surface area contributed by atoms with Crippen molar-refractivity contribution in [1.82, 2.24) is 4.90 Å². The largest absolute Gasteiger partial charge is 0.393 e. The fraction of sp³-hybridized carbons (Fsp3) is 0.500. The van der Waals surface area contributed by atoms with Crippen LogP contribution < -0.4 is 5.32 Å². The van der Waals surface area contributed by atoms with Gasteiger partial charge in [0.25, 0.3) is 0 Å². The Labute approximate surface area is 122 Å². The lowest BCUT2D eigenvalue weighted by Crippen LogP contribution is -2.46. The number of alkyl halides is 3. The Balaban J connectivity index is 1.97. The molecule has 1 saturated heterocycles. The minimum absolute atomic E-state index is 0.0544. The highest BCUT2D eigenvalue weighted by molar-refractivity contribution is 7.80. The van der Waals surface area contributed by atoms with Crippen LogP contribution in [0.4, 0.5) is 18.9 Å². The SMILES string of the molecule is Cc1ccc(NC(=S)N2CCCC(C(F)(F)F)C2)cc1. The molecule has 1 aliphatic heterocycles. The Morgan fingerprint density at radius 1 is 1.30 bits per heavy atom. The number of rotatable bonds is 1. The van der Waals surface area contributed by atoms with Crippen molar-refractivity contribution in [3.63, 3.8) is 0 Å². The second-order valence-electron chi connectivity index (χ2n) is 5.12. The molecule has 1 heterocycles. The molecule has 1 N–H and O–H groups in total. The van der Waals surface area contributed by atoms with Crippen molar-refractivity contribution in [2.45, 2.75) is 25.9 Å². The van der Waals surface area contributed by atoms with Gasteiger partial charge in [0.05, 0.1) is 5.92 Å². The average molecular weight is 302 g/mol. The third-order valence-corrected chi connectivity index (χ3v) is 3.83. The molecule has 2 nitrogen and oxygen atoms in total. The normalized spacial score (nSPS) is 19.8. The number of nitrogens with zero attached hydrogens (tertiary/aromatic N) is 1. The number of hydrogen-bond donors (Lipinski definition) is 1. The zero-order valence-corrected chi connectivity index (χ0v) is 12.0. The van der Waals surface area contributed by atoms with E-state index in [1.54, 1.807) is 4.90 Å². The molecule has 1 fully saturated rings. The van der Waals surface area contributed by atoms with Crippen molar-refractivity contribution in [3.8, 4) is 0 Å². The third kappa shape index (κ3) is 3.85. The molecule has 1 aliphatic rings. The van der Waals surface area contributed by atoms with Crippen molar-refractivity contribution in [2.24, 2.45) is 5.92 Å². The quantitative estimate of drug-likeness (QED) is 0.790. The van der Waals surface area contributed by atoms with Crippen LogP contribution >= 0.6 is 12.2 Å². The molecule has 0 spiro atoms. The lowest BCUT2D eigenvalue weighted by molar-refractivity contribution is -0.183. The number of anilines is 1. The maximum atomic E-state index is 12.8. The minimum Gasteiger partial charge on any atom is -0.348 e. The van der Waals surface area contributed by atoms with Crippen LogP contribution in [0.3, 0.4) is 0 Å². The summed E-state index contributed by atoms with van der Waals surface area (Å²) in [6.07, 6.45) is -3.44. The van der Waals surface area contributed by atoms with E-state index in [1.807, 2.05) is 31.2 Å². The molecular formula is C14H17F3N2S. The van der Waals surface area contributed by atoms with E-state index in [0.29, 0.717) is 18.1 Å². The Bertz CT molecular complexity index is 470. The van der Waals surface area contributed by atoms with Crippen LogP contribution in [-0.2, 0) is 0 Å². The summed E-state index contributed by atoms with van der Waals surface area (Å²) in [5.74, 6) is -1.28. The zero-order chi connectivity index (χ0) is 14.8. The van der Waals surface area contributed by atoms with Crippen LogP contribution in [0.2, 0.25) is 0 Å². The van der Waals surface area contributed by atoms with E-state index >= 15 is 0 Å². The van der Waals surface area contributed by atoms with Crippen LogP contribution in [-0.4, -0.2) is 29.3 Å². The van der Waals surface area contributed by atoms with Gasteiger partial charge in [0.15, 0.2) is 5.11 Å². The van der Waals surface area contributed by atoms with Crippen LogP contribution in [0.15, 0.2) is 24.3 Å². The Morgan fingerprint density at radius 2 is 1.95 bits per heavy atom. The molecule has 0 saturated carbocycles. The van der Waals surface area contributed by atoms with Gasteiger partial charge in [0, 0.05) is 18.8 Å². The van der Waals surface area contributed by atoms with E-state index in [0.717, 1.165) is 11.3 Å². The molecule has 6 heteroatoms. The first-order valence-corrected chi connectivity index (χ1v) is 6.96. The number of thiocarbonyl (C=S) groups is 1. The monoisotopic (exact) mass is 302 g/mol. The number of benzene rings is 1. The molecule has 0 radical (unpaired) electrons. The van der Waals surface area contributed by atoms with Gasteiger partial charge in [-0.25, -0.2) is 0 Å². The van der Waals surface area contributed by atoms with Gasteiger partial charge in [-0.15, -0.1) is 0 Å². The number of aryl methyl sites for hydroxylation is 1. The van der Waals surface area contributed by atoms with E-state index < -0.39 is 12.1 Å². The lowest BCUT2D eigenvalue weighted by atomic mass is 9.98. The van der Waals surface area contributed by atoms with Crippen LogP contribution in [0, 0.1) is 12.8 Å². The fourth-order valence-corrected chi connectivity index (χ4v) is 2.55. The minimum atomic E-state index is -4.14. The van der Waals surface area contributed by atoms with Crippen LogP contribution in [0.5, 0.6) is 0 Å². The summed E-state index contributed by atoms with van der Waals surface area (Å²) in [4.78, 5) is 1.61. The zero-order valence-electron chi connectivity index (χ0n) is 11.2. The summed E-state index contributed by atoms with van der Waals surface area (Å²) in [5, 5.41) is 3.36. The number of likely N-dealkylation sites (tertiary alicyclic amines) is 1. The molecule has 20 heavy (non-hydrogen) atoms. The number of hydrogen-bond acceptors (Lipinski definition) is 1. The molecule has 1 unspecified atom stereocenters. The van der Waals surface area contributed by atoms with Gasteiger partial charge in [-0.2, -0.15) is 13.2 Å². The molecule has 0 aromatic heterocycles. The van der Waals surface area contributed by atoms with E-state index in [9.17, 15) is 13.2 Å². The Morgan fingerprint density at radius 3 is 2.55 bits per heavy atom. The first-order valence-electron chi connectivity index (χ1n) is 6.55. The molecule has 0 amide bonds. The van der Waals surface area contributed by atoms with Gasteiger partial charge >= 0.3 is 6.18 Å². The standard InChI is InChI=1S/C14H17F3N2S/c1-10-4-6-12(7-5-10)18-13(20)19-8-2-3-11(9-19)14(15,16)17/h4-7,11H,2-3,8-9H2,1H3,(H,18,20). The van der Waals surface area contributed by atoms with Crippen LogP contribution in [0.25, 0.3) is 0 Å². The van der Waals surface area contributed by atoms with Gasteiger partial charge in [0.1, 0.15) is 0 Å². The molecule has 1 aromatic rings. The predicted octanol–water partition coefficient (Wildman–Crippen LogP) is 3.97. The van der Waals surface area contributed by atoms with Crippen molar-refractivity contribution >= 4 is 23.0 Å². The summed E-state index contributed by atoms with van der Waals surface area (Å²) in [5.41, 5.74) is 1.92. The highest BCUT2D eigenvalue weighted by Crippen LogP contribution is 2.33. The Hall–Kier alpha value is -1.30.